The lowest BCUT2D eigenvalue weighted by Gasteiger charge is -2.15. The number of alkyl halides is 6. The molecule has 0 amide bonds. The van der Waals surface area contributed by atoms with E-state index in [1.54, 1.807) is 13.8 Å². The molecule has 0 bridgehead atoms. The topological polar surface area (TPSA) is 0 Å². The standard InChI is InChI=1S/C12H12F6/c1-7(2)3-8-4-9(11(13,14)15)6-10(5-8)12(16,17)18/h4-7H,3H2,1-2H3. The number of halogens is 6. The third kappa shape index (κ3) is 3.92. The molecule has 0 fully saturated rings. The highest BCUT2D eigenvalue weighted by Crippen LogP contribution is 2.36. The van der Waals surface area contributed by atoms with E-state index in [1.807, 2.05) is 0 Å². The Hall–Kier alpha value is -1.20. The van der Waals surface area contributed by atoms with Crippen molar-refractivity contribution in [3.8, 4) is 0 Å². The van der Waals surface area contributed by atoms with Crippen LogP contribution in [0.2, 0.25) is 0 Å². The lowest BCUT2D eigenvalue weighted by atomic mass is 9.98. The smallest absolute Gasteiger partial charge is 0.166 e. The quantitative estimate of drug-likeness (QED) is 0.669. The van der Waals surface area contributed by atoms with Gasteiger partial charge in [0.05, 0.1) is 11.1 Å². The van der Waals surface area contributed by atoms with E-state index in [9.17, 15) is 26.3 Å². The fraction of sp³-hybridized carbons (Fsp3) is 0.500. The van der Waals surface area contributed by atoms with Gasteiger partial charge >= 0.3 is 12.4 Å². The molecule has 0 spiro atoms. The Morgan fingerprint density at radius 2 is 1.22 bits per heavy atom. The molecule has 0 nitrogen and oxygen atoms in total. The van der Waals surface area contributed by atoms with Gasteiger partial charge in [0.2, 0.25) is 0 Å². The van der Waals surface area contributed by atoms with Crippen molar-refractivity contribution in [3.05, 3.63) is 34.9 Å². The van der Waals surface area contributed by atoms with E-state index >= 15 is 0 Å². The summed E-state index contributed by atoms with van der Waals surface area (Å²) in [6, 6.07) is 1.69. The fourth-order valence-corrected chi connectivity index (χ4v) is 1.61. The van der Waals surface area contributed by atoms with Gasteiger partial charge in [-0.05, 0) is 36.1 Å². The van der Waals surface area contributed by atoms with E-state index in [1.165, 1.54) is 0 Å². The summed E-state index contributed by atoms with van der Waals surface area (Å²) in [4.78, 5) is 0. The molecule has 0 unspecified atom stereocenters. The Bertz CT molecular complexity index is 381. The molecule has 0 aromatic heterocycles. The van der Waals surface area contributed by atoms with Crippen LogP contribution in [0.1, 0.15) is 30.5 Å². The van der Waals surface area contributed by atoms with Crippen LogP contribution < -0.4 is 0 Å². The fourth-order valence-electron chi connectivity index (χ4n) is 1.61. The monoisotopic (exact) mass is 270 g/mol. The summed E-state index contributed by atoms with van der Waals surface area (Å²) in [6.45, 7) is 3.46. The highest BCUT2D eigenvalue weighted by molar-refractivity contribution is 5.33. The van der Waals surface area contributed by atoms with Crippen LogP contribution in [0.4, 0.5) is 26.3 Å². The molecule has 0 radical (unpaired) electrons. The molecule has 102 valence electrons. The zero-order valence-electron chi connectivity index (χ0n) is 9.78. The molecule has 0 saturated carbocycles. The Balaban J connectivity index is 3.29. The molecule has 0 aliphatic rings. The summed E-state index contributed by atoms with van der Waals surface area (Å²) in [5.41, 5.74) is -2.46. The Morgan fingerprint density at radius 3 is 1.50 bits per heavy atom. The average molecular weight is 270 g/mol. The average Bonchev–Trinajstić information content (AvgIpc) is 2.13. The molecule has 0 heterocycles. The van der Waals surface area contributed by atoms with Gasteiger partial charge in [-0.15, -0.1) is 0 Å². The Labute approximate surface area is 101 Å². The van der Waals surface area contributed by atoms with Crippen molar-refractivity contribution in [2.75, 3.05) is 0 Å². The summed E-state index contributed by atoms with van der Waals surface area (Å²) >= 11 is 0. The zero-order chi connectivity index (χ0) is 14.1. The molecule has 0 N–H and O–H groups in total. The van der Waals surface area contributed by atoms with Crippen LogP contribution in [0, 0.1) is 5.92 Å². The van der Waals surface area contributed by atoms with Crippen molar-refractivity contribution >= 4 is 0 Å². The van der Waals surface area contributed by atoms with E-state index in [0.29, 0.717) is 0 Å². The molecule has 18 heavy (non-hydrogen) atoms. The second kappa shape index (κ2) is 4.82. The van der Waals surface area contributed by atoms with Gasteiger partial charge in [0.25, 0.3) is 0 Å². The number of rotatable bonds is 2. The van der Waals surface area contributed by atoms with Gasteiger partial charge in [0.1, 0.15) is 0 Å². The summed E-state index contributed by atoms with van der Waals surface area (Å²) in [6.07, 6.45) is -9.37. The first-order chi connectivity index (χ1) is 8.00. The molecular formula is C12H12F6. The first-order valence-corrected chi connectivity index (χ1v) is 5.28. The van der Waals surface area contributed by atoms with Crippen molar-refractivity contribution in [2.45, 2.75) is 32.6 Å². The van der Waals surface area contributed by atoms with Crippen molar-refractivity contribution in [2.24, 2.45) is 5.92 Å². The van der Waals surface area contributed by atoms with E-state index in [-0.39, 0.29) is 24.0 Å². The van der Waals surface area contributed by atoms with Gasteiger partial charge in [-0.1, -0.05) is 13.8 Å². The number of hydrogen-bond acceptors (Lipinski definition) is 0. The maximum atomic E-state index is 12.5. The molecular weight excluding hydrogens is 258 g/mol. The summed E-state index contributed by atoms with van der Waals surface area (Å²) in [5, 5.41) is 0. The van der Waals surface area contributed by atoms with Gasteiger partial charge < -0.3 is 0 Å². The molecule has 1 aromatic carbocycles. The Kier molecular flexibility index (Phi) is 3.98. The van der Waals surface area contributed by atoms with Crippen molar-refractivity contribution in [3.63, 3.8) is 0 Å². The predicted molar refractivity (Wildman–Crippen MR) is 55.0 cm³/mol. The van der Waals surface area contributed by atoms with Crippen molar-refractivity contribution < 1.29 is 26.3 Å². The normalized spacial score (nSPS) is 13.2. The maximum Gasteiger partial charge on any atom is 0.416 e. The summed E-state index contributed by atoms with van der Waals surface area (Å²) in [7, 11) is 0. The third-order valence-corrected chi connectivity index (χ3v) is 2.29. The second-order valence-corrected chi connectivity index (χ2v) is 4.51. The minimum absolute atomic E-state index is 0.0189. The minimum Gasteiger partial charge on any atom is -0.166 e. The first kappa shape index (κ1) is 14.9. The summed E-state index contributed by atoms with van der Waals surface area (Å²) in [5.74, 6) is -0.0189. The summed E-state index contributed by atoms with van der Waals surface area (Å²) < 4.78 is 75.0. The molecule has 1 aromatic rings. The molecule has 0 aliphatic heterocycles. The third-order valence-electron chi connectivity index (χ3n) is 2.29. The molecule has 0 atom stereocenters. The zero-order valence-corrected chi connectivity index (χ0v) is 9.78. The lowest BCUT2D eigenvalue weighted by molar-refractivity contribution is -0.143. The van der Waals surface area contributed by atoms with E-state index < -0.39 is 23.5 Å². The van der Waals surface area contributed by atoms with Crippen LogP contribution in [0.15, 0.2) is 18.2 Å². The SMILES string of the molecule is CC(C)Cc1cc(C(F)(F)F)cc(C(F)(F)F)c1. The molecule has 6 heteroatoms. The van der Waals surface area contributed by atoms with Crippen LogP contribution >= 0.6 is 0 Å². The molecule has 0 aliphatic carbocycles. The lowest BCUT2D eigenvalue weighted by Crippen LogP contribution is -2.12. The number of hydrogen-bond donors (Lipinski definition) is 0. The van der Waals surface area contributed by atoms with Crippen LogP contribution in [0.5, 0.6) is 0 Å². The van der Waals surface area contributed by atoms with E-state index in [0.717, 1.165) is 12.1 Å². The van der Waals surface area contributed by atoms with Crippen molar-refractivity contribution in [1.82, 2.24) is 0 Å². The van der Waals surface area contributed by atoms with Crippen LogP contribution in [0.3, 0.4) is 0 Å². The molecule has 0 saturated heterocycles. The van der Waals surface area contributed by atoms with Crippen LogP contribution in [-0.2, 0) is 18.8 Å². The van der Waals surface area contributed by atoms with Gasteiger partial charge in [-0.2, -0.15) is 26.3 Å². The van der Waals surface area contributed by atoms with Gasteiger partial charge in [0.15, 0.2) is 0 Å². The highest BCUT2D eigenvalue weighted by atomic mass is 19.4. The van der Waals surface area contributed by atoms with Gasteiger partial charge in [0, 0.05) is 0 Å². The largest absolute Gasteiger partial charge is 0.416 e. The number of benzene rings is 1. The Morgan fingerprint density at radius 1 is 0.833 bits per heavy atom. The van der Waals surface area contributed by atoms with Gasteiger partial charge in [-0.3, -0.25) is 0 Å². The minimum atomic E-state index is -4.77. The highest BCUT2D eigenvalue weighted by Gasteiger charge is 2.36. The second-order valence-electron chi connectivity index (χ2n) is 4.51. The maximum absolute atomic E-state index is 12.5. The van der Waals surface area contributed by atoms with Gasteiger partial charge in [-0.25, -0.2) is 0 Å². The van der Waals surface area contributed by atoms with E-state index in [4.69, 9.17) is 0 Å². The molecule has 1 rings (SSSR count). The van der Waals surface area contributed by atoms with E-state index in [2.05, 4.69) is 0 Å². The predicted octanol–water partition coefficient (Wildman–Crippen LogP) is 4.92. The van der Waals surface area contributed by atoms with Crippen LogP contribution in [-0.4, -0.2) is 0 Å². The van der Waals surface area contributed by atoms with Crippen LogP contribution in [0.25, 0.3) is 0 Å². The first-order valence-electron chi connectivity index (χ1n) is 5.28. The van der Waals surface area contributed by atoms with Crippen molar-refractivity contribution in [1.29, 1.82) is 0 Å².